The molecule has 0 unspecified atom stereocenters. The lowest BCUT2D eigenvalue weighted by Crippen LogP contribution is -2.48. The Bertz CT molecular complexity index is 898. The number of anilines is 1. The number of amides is 1. The molecule has 1 saturated heterocycles. The molecule has 1 aromatic carbocycles. The summed E-state index contributed by atoms with van der Waals surface area (Å²) in [6, 6.07) is 12.1. The highest BCUT2D eigenvalue weighted by Crippen LogP contribution is 2.19. The van der Waals surface area contributed by atoms with Crippen LogP contribution in [0.1, 0.15) is 15.9 Å². The highest BCUT2D eigenvalue weighted by atomic mass is 16.2. The summed E-state index contributed by atoms with van der Waals surface area (Å²) in [4.78, 5) is 25.5. The standard InChI is InChI=1S/C20H21N5O/c1-16-3-2-4-18(13-16)23-9-11-24(12-10-23)20(26)17-5-6-22-19(14-17)25-8-7-21-15-25/h2-8,13-15H,9-12H2,1H3. The van der Waals surface area contributed by atoms with Crippen molar-refractivity contribution in [2.45, 2.75) is 6.92 Å². The van der Waals surface area contributed by atoms with E-state index in [4.69, 9.17) is 0 Å². The van der Waals surface area contributed by atoms with Gasteiger partial charge in [-0.3, -0.25) is 9.36 Å². The molecule has 4 rings (SSSR count). The highest BCUT2D eigenvalue weighted by Gasteiger charge is 2.22. The van der Waals surface area contributed by atoms with E-state index in [1.807, 2.05) is 17.2 Å². The number of benzene rings is 1. The first-order chi connectivity index (χ1) is 12.7. The van der Waals surface area contributed by atoms with E-state index in [1.165, 1.54) is 11.3 Å². The van der Waals surface area contributed by atoms with Crippen LogP contribution in [0.2, 0.25) is 0 Å². The van der Waals surface area contributed by atoms with Crippen molar-refractivity contribution in [2.75, 3.05) is 31.1 Å². The maximum absolute atomic E-state index is 12.9. The molecule has 1 aliphatic rings. The van der Waals surface area contributed by atoms with Crippen LogP contribution in [-0.4, -0.2) is 51.5 Å². The summed E-state index contributed by atoms with van der Waals surface area (Å²) in [6.45, 7) is 5.22. The van der Waals surface area contributed by atoms with Gasteiger partial charge in [0, 0.05) is 56.0 Å². The van der Waals surface area contributed by atoms with E-state index < -0.39 is 0 Å². The molecule has 26 heavy (non-hydrogen) atoms. The third-order valence-corrected chi connectivity index (χ3v) is 4.70. The Balaban J connectivity index is 1.45. The number of carbonyl (C=O) groups is 1. The number of carbonyl (C=O) groups excluding carboxylic acids is 1. The largest absolute Gasteiger partial charge is 0.368 e. The number of hydrogen-bond donors (Lipinski definition) is 0. The zero-order valence-corrected chi connectivity index (χ0v) is 14.7. The topological polar surface area (TPSA) is 54.3 Å². The normalized spacial score (nSPS) is 14.5. The molecular weight excluding hydrogens is 326 g/mol. The van der Waals surface area contributed by atoms with Gasteiger partial charge in [0.2, 0.25) is 0 Å². The molecule has 1 fully saturated rings. The van der Waals surface area contributed by atoms with Gasteiger partial charge in [-0.25, -0.2) is 9.97 Å². The molecule has 0 aliphatic carbocycles. The van der Waals surface area contributed by atoms with Crippen molar-refractivity contribution in [3.63, 3.8) is 0 Å². The second-order valence-electron chi connectivity index (χ2n) is 6.49. The molecule has 3 aromatic rings. The van der Waals surface area contributed by atoms with E-state index in [2.05, 4.69) is 46.1 Å². The molecule has 1 aliphatic heterocycles. The van der Waals surface area contributed by atoms with E-state index in [9.17, 15) is 4.79 Å². The third kappa shape index (κ3) is 3.31. The molecule has 2 aromatic heterocycles. The molecular formula is C20H21N5O. The van der Waals surface area contributed by atoms with Gasteiger partial charge in [0.15, 0.2) is 0 Å². The van der Waals surface area contributed by atoms with E-state index >= 15 is 0 Å². The predicted molar refractivity (Wildman–Crippen MR) is 101 cm³/mol. The Labute approximate surface area is 152 Å². The predicted octanol–water partition coefficient (Wildman–Crippen LogP) is 2.54. The minimum absolute atomic E-state index is 0.0534. The molecule has 0 bridgehead atoms. The van der Waals surface area contributed by atoms with Gasteiger partial charge in [-0.2, -0.15) is 0 Å². The van der Waals surface area contributed by atoms with Gasteiger partial charge < -0.3 is 9.80 Å². The number of aromatic nitrogens is 3. The van der Waals surface area contributed by atoms with E-state index in [0.717, 1.165) is 26.2 Å². The third-order valence-electron chi connectivity index (χ3n) is 4.70. The summed E-state index contributed by atoms with van der Waals surface area (Å²) < 4.78 is 1.80. The van der Waals surface area contributed by atoms with Crippen molar-refractivity contribution < 1.29 is 4.79 Å². The lowest BCUT2D eigenvalue weighted by atomic mass is 10.1. The number of nitrogens with zero attached hydrogens (tertiary/aromatic N) is 5. The summed E-state index contributed by atoms with van der Waals surface area (Å²) in [5.74, 6) is 0.754. The van der Waals surface area contributed by atoms with Crippen LogP contribution in [0.25, 0.3) is 5.82 Å². The fraction of sp³-hybridized carbons (Fsp3) is 0.250. The van der Waals surface area contributed by atoms with Crippen LogP contribution in [0.3, 0.4) is 0 Å². The first-order valence-electron chi connectivity index (χ1n) is 8.76. The average Bonchev–Trinajstić information content (AvgIpc) is 3.23. The van der Waals surface area contributed by atoms with Crippen LogP contribution in [0, 0.1) is 6.92 Å². The lowest BCUT2D eigenvalue weighted by Gasteiger charge is -2.36. The van der Waals surface area contributed by atoms with Gasteiger partial charge in [-0.1, -0.05) is 12.1 Å². The van der Waals surface area contributed by atoms with Crippen LogP contribution in [-0.2, 0) is 0 Å². The number of pyridine rings is 1. The van der Waals surface area contributed by atoms with Crippen LogP contribution in [0.15, 0.2) is 61.3 Å². The zero-order valence-electron chi connectivity index (χ0n) is 14.7. The Morgan fingerprint density at radius 1 is 1.04 bits per heavy atom. The SMILES string of the molecule is Cc1cccc(N2CCN(C(=O)c3ccnc(-n4ccnc4)c3)CC2)c1. The number of hydrogen-bond acceptors (Lipinski definition) is 4. The minimum Gasteiger partial charge on any atom is -0.368 e. The maximum Gasteiger partial charge on any atom is 0.254 e. The first kappa shape index (κ1) is 16.3. The Kier molecular flexibility index (Phi) is 4.39. The van der Waals surface area contributed by atoms with Crippen molar-refractivity contribution in [1.29, 1.82) is 0 Å². The maximum atomic E-state index is 12.9. The smallest absolute Gasteiger partial charge is 0.254 e. The van der Waals surface area contributed by atoms with Crippen molar-refractivity contribution in [2.24, 2.45) is 0 Å². The van der Waals surface area contributed by atoms with Gasteiger partial charge in [-0.05, 0) is 36.8 Å². The van der Waals surface area contributed by atoms with E-state index in [1.54, 1.807) is 29.4 Å². The fourth-order valence-electron chi connectivity index (χ4n) is 3.26. The van der Waals surface area contributed by atoms with Gasteiger partial charge in [0.05, 0.1) is 0 Å². The molecule has 6 heteroatoms. The Hall–Kier alpha value is -3.15. The molecule has 0 saturated carbocycles. The van der Waals surface area contributed by atoms with Crippen LogP contribution in [0.5, 0.6) is 0 Å². The minimum atomic E-state index is 0.0534. The van der Waals surface area contributed by atoms with Crippen LogP contribution in [0.4, 0.5) is 5.69 Å². The van der Waals surface area contributed by atoms with Gasteiger partial charge in [0.1, 0.15) is 12.1 Å². The summed E-state index contributed by atoms with van der Waals surface area (Å²) in [5, 5.41) is 0. The van der Waals surface area contributed by atoms with Crippen molar-refractivity contribution in [1.82, 2.24) is 19.4 Å². The summed E-state index contributed by atoms with van der Waals surface area (Å²) in [6.07, 6.45) is 6.86. The molecule has 0 N–H and O–H groups in total. The second-order valence-corrected chi connectivity index (χ2v) is 6.49. The quantitative estimate of drug-likeness (QED) is 0.731. The van der Waals surface area contributed by atoms with Gasteiger partial charge in [-0.15, -0.1) is 0 Å². The molecule has 3 heterocycles. The second kappa shape index (κ2) is 7.00. The molecule has 0 atom stereocenters. The Morgan fingerprint density at radius 2 is 1.88 bits per heavy atom. The first-order valence-corrected chi connectivity index (χ1v) is 8.76. The van der Waals surface area contributed by atoms with Crippen molar-refractivity contribution >= 4 is 11.6 Å². The molecule has 0 spiro atoms. The molecule has 6 nitrogen and oxygen atoms in total. The number of rotatable bonds is 3. The molecule has 132 valence electrons. The highest BCUT2D eigenvalue weighted by molar-refractivity contribution is 5.94. The van der Waals surface area contributed by atoms with Crippen LogP contribution < -0.4 is 4.90 Å². The lowest BCUT2D eigenvalue weighted by molar-refractivity contribution is 0.0746. The monoisotopic (exact) mass is 347 g/mol. The van der Waals surface area contributed by atoms with Gasteiger partial charge >= 0.3 is 0 Å². The van der Waals surface area contributed by atoms with Gasteiger partial charge in [0.25, 0.3) is 5.91 Å². The summed E-state index contributed by atoms with van der Waals surface area (Å²) in [5.41, 5.74) is 3.14. The van der Waals surface area contributed by atoms with Crippen molar-refractivity contribution in [3.8, 4) is 5.82 Å². The number of aryl methyl sites for hydroxylation is 1. The summed E-state index contributed by atoms with van der Waals surface area (Å²) in [7, 11) is 0. The number of imidazole rings is 1. The van der Waals surface area contributed by atoms with Crippen LogP contribution >= 0.6 is 0 Å². The van der Waals surface area contributed by atoms with Crippen molar-refractivity contribution in [3.05, 3.63) is 72.4 Å². The molecule has 0 radical (unpaired) electrons. The Morgan fingerprint density at radius 3 is 2.62 bits per heavy atom. The van der Waals surface area contributed by atoms with E-state index in [0.29, 0.717) is 11.4 Å². The summed E-state index contributed by atoms with van der Waals surface area (Å²) >= 11 is 0. The number of piperazine rings is 1. The average molecular weight is 347 g/mol. The van der Waals surface area contributed by atoms with E-state index in [-0.39, 0.29) is 5.91 Å². The fourth-order valence-corrected chi connectivity index (χ4v) is 3.26. The zero-order chi connectivity index (χ0) is 17.9. The molecule has 1 amide bonds.